The number of carboxylic acid groups (broad SMARTS) is 1. The Balaban J connectivity index is 2.27. The average molecular weight is 311 g/mol. The van der Waals surface area contributed by atoms with Crippen LogP contribution in [0.2, 0.25) is 0 Å². The first-order valence-corrected chi connectivity index (χ1v) is 6.81. The zero-order valence-corrected chi connectivity index (χ0v) is 11.7. The molecule has 0 saturated carbocycles. The van der Waals surface area contributed by atoms with Crippen LogP contribution in [0, 0.1) is 0 Å². The Morgan fingerprint density at radius 1 is 1.14 bits per heavy atom. The van der Waals surface area contributed by atoms with Gasteiger partial charge < -0.3 is 15.3 Å². The fourth-order valence-corrected chi connectivity index (χ4v) is 2.12. The van der Waals surface area contributed by atoms with Gasteiger partial charge in [0, 0.05) is 39.1 Å². The highest BCUT2D eigenvalue weighted by Gasteiger charge is 2.26. The Labute approximate surface area is 120 Å². The summed E-state index contributed by atoms with van der Waals surface area (Å²) < 4.78 is 35.9. The van der Waals surface area contributed by atoms with Crippen molar-refractivity contribution < 1.29 is 27.9 Å². The number of hydrogen-bond donors (Lipinski definition) is 2. The lowest BCUT2D eigenvalue weighted by Crippen LogP contribution is -2.42. The molecule has 1 heterocycles. The molecule has 6 nitrogen and oxygen atoms in total. The molecule has 9 heteroatoms. The highest BCUT2D eigenvalue weighted by molar-refractivity contribution is 5.74. The summed E-state index contributed by atoms with van der Waals surface area (Å²) in [5, 5.41) is 11.2. The van der Waals surface area contributed by atoms with Gasteiger partial charge in [-0.1, -0.05) is 0 Å². The summed E-state index contributed by atoms with van der Waals surface area (Å²) in [5.74, 6) is -0.917. The van der Waals surface area contributed by atoms with Crippen LogP contribution in [-0.4, -0.2) is 72.4 Å². The van der Waals surface area contributed by atoms with Gasteiger partial charge in [-0.15, -0.1) is 0 Å². The molecule has 0 aromatic heterocycles. The number of carboxylic acids is 1. The highest BCUT2D eigenvalue weighted by atomic mass is 19.4. The normalized spacial score (nSPS) is 17.4. The number of urea groups is 1. The second-order valence-electron chi connectivity index (χ2n) is 4.96. The molecule has 0 aromatic rings. The Bertz CT molecular complexity index is 363. The van der Waals surface area contributed by atoms with Crippen molar-refractivity contribution >= 4 is 12.0 Å². The quantitative estimate of drug-likeness (QED) is 0.747. The molecular formula is C12H20F3N3O3. The van der Waals surface area contributed by atoms with Crippen LogP contribution in [0.4, 0.5) is 18.0 Å². The molecule has 1 aliphatic heterocycles. The molecule has 1 fully saturated rings. The van der Waals surface area contributed by atoms with Gasteiger partial charge in [0.15, 0.2) is 0 Å². The van der Waals surface area contributed by atoms with Gasteiger partial charge in [0.05, 0.1) is 6.54 Å². The molecule has 1 saturated heterocycles. The van der Waals surface area contributed by atoms with Crippen molar-refractivity contribution in [3.63, 3.8) is 0 Å². The first kappa shape index (κ1) is 17.5. The number of nitrogens with zero attached hydrogens (tertiary/aromatic N) is 2. The van der Waals surface area contributed by atoms with Crippen LogP contribution < -0.4 is 5.32 Å². The lowest BCUT2D eigenvalue weighted by Gasteiger charge is -2.21. The largest absolute Gasteiger partial charge is 0.480 e. The number of rotatable bonds is 5. The Hall–Kier alpha value is -1.51. The van der Waals surface area contributed by atoms with Crippen molar-refractivity contribution in [3.8, 4) is 0 Å². The highest BCUT2D eigenvalue weighted by Crippen LogP contribution is 2.20. The number of alkyl halides is 3. The number of carbonyl (C=O) groups is 2. The van der Waals surface area contributed by atoms with E-state index in [4.69, 9.17) is 5.11 Å². The lowest BCUT2D eigenvalue weighted by molar-refractivity contribution is -0.138. The van der Waals surface area contributed by atoms with Gasteiger partial charge in [-0.3, -0.25) is 9.69 Å². The van der Waals surface area contributed by atoms with E-state index in [0.717, 1.165) is 0 Å². The number of halogens is 3. The van der Waals surface area contributed by atoms with Gasteiger partial charge in [-0.05, 0) is 12.8 Å². The maximum atomic E-state index is 12.0. The minimum Gasteiger partial charge on any atom is -0.480 e. The summed E-state index contributed by atoms with van der Waals surface area (Å²) in [6.07, 6.45) is -4.62. The summed E-state index contributed by atoms with van der Waals surface area (Å²) in [5.41, 5.74) is 0. The van der Waals surface area contributed by atoms with E-state index in [1.54, 1.807) is 4.90 Å². The number of aliphatic carboxylic acids is 1. The molecule has 0 unspecified atom stereocenters. The van der Waals surface area contributed by atoms with E-state index in [1.165, 1.54) is 4.90 Å². The van der Waals surface area contributed by atoms with E-state index >= 15 is 0 Å². The molecule has 2 N–H and O–H groups in total. The summed E-state index contributed by atoms with van der Waals surface area (Å²) >= 11 is 0. The van der Waals surface area contributed by atoms with E-state index in [1.807, 2.05) is 0 Å². The number of hydrogen-bond acceptors (Lipinski definition) is 3. The van der Waals surface area contributed by atoms with Crippen molar-refractivity contribution in [2.24, 2.45) is 0 Å². The molecule has 0 radical (unpaired) electrons. The smallest absolute Gasteiger partial charge is 0.389 e. The third-order valence-corrected chi connectivity index (χ3v) is 3.15. The van der Waals surface area contributed by atoms with Gasteiger partial charge in [0.1, 0.15) is 0 Å². The Morgan fingerprint density at radius 3 is 2.48 bits per heavy atom. The van der Waals surface area contributed by atoms with Gasteiger partial charge in [0.2, 0.25) is 0 Å². The molecule has 122 valence electrons. The van der Waals surface area contributed by atoms with Crippen LogP contribution in [0.1, 0.15) is 19.3 Å². The minimum absolute atomic E-state index is 0.0202. The van der Waals surface area contributed by atoms with E-state index in [9.17, 15) is 22.8 Å². The van der Waals surface area contributed by atoms with Crippen LogP contribution >= 0.6 is 0 Å². The third-order valence-electron chi connectivity index (χ3n) is 3.15. The number of nitrogens with one attached hydrogen (secondary N) is 1. The van der Waals surface area contributed by atoms with Crippen LogP contribution in [0.25, 0.3) is 0 Å². The second kappa shape index (κ2) is 8.06. The zero-order chi connectivity index (χ0) is 15.9. The third kappa shape index (κ3) is 7.74. The van der Waals surface area contributed by atoms with Crippen LogP contribution in [-0.2, 0) is 4.79 Å². The van der Waals surface area contributed by atoms with E-state index in [2.05, 4.69) is 5.32 Å². The summed E-state index contributed by atoms with van der Waals surface area (Å²) in [6.45, 7) is 1.79. The fraction of sp³-hybridized carbons (Fsp3) is 0.833. The maximum Gasteiger partial charge on any atom is 0.389 e. The topological polar surface area (TPSA) is 72.9 Å². The van der Waals surface area contributed by atoms with Gasteiger partial charge in [0.25, 0.3) is 0 Å². The van der Waals surface area contributed by atoms with Crippen LogP contribution in [0.3, 0.4) is 0 Å². The molecule has 0 atom stereocenters. The van der Waals surface area contributed by atoms with Crippen molar-refractivity contribution in [1.82, 2.24) is 15.1 Å². The SMILES string of the molecule is O=C(O)CN1CCCN(C(=O)NCCCC(F)(F)F)CC1. The van der Waals surface area contributed by atoms with Gasteiger partial charge in [-0.2, -0.15) is 13.2 Å². The molecule has 21 heavy (non-hydrogen) atoms. The molecule has 1 rings (SSSR count). The molecule has 0 spiro atoms. The summed E-state index contributed by atoms with van der Waals surface area (Å²) in [6, 6.07) is -0.394. The van der Waals surface area contributed by atoms with E-state index in [0.29, 0.717) is 32.6 Å². The standard InChI is InChI=1S/C12H20F3N3O3/c13-12(14,15)3-1-4-16-11(21)18-6-2-5-17(7-8-18)9-10(19)20/h1-9H2,(H,16,21)(H,19,20). The molecule has 0 bridgehead atoms. The zero-order valence-electron chi connectivity index (χ0n) is 11.7. The predicted molar refractivity (Wildman–Crippen MR) is 69.0 cm³/mol. The first-order valence-electron chi connectivity index (χ1n) is 6.81. The summed E-state index contributed by atoms with van der Waals surface area (Å²) in [7, 11) is 0. The van der Waals surface area contributed by atoms with E-state index in [-0.39, 0.29) is 19.5 Å². The van der Waals surface area contributed by atoms with Crippen molar-refractivity contribution in [3.05, 3.63) is 0 Å². The minimum atomic E-state index is -4.20. The van der Waals surface area contributed by atoms with Gasteiger partial charge in [-0.25, -0.2) is 4.79 Å². The first-order chi connectivity index (χ1) is 9.78. The van der Waals surface area contributed by atoms with Crippen molar-refractivity contribution in [2.45, 2.75) is 25.4 Å². The molecule has 1 aliphatic rings. The van der Waals surface area contributed by atoms with Crippen LogP contribution in [0.5, 0.6) is 0 Å². The predicted octanol–water partition coefficient (Wildman–Crippen LogP) is 1.13. The maximum absolute atomic E-state index is 12.0. The Kier molecular flexibility index (Phi) is 6.73. The lowest BCUT2D eigenvalue weighted by atomic mass is 10.3. The molecule has 2 amide bonds. The Morgan fingerprint density at radius 2 is 1.86 bits per heavy atom. The number of carbonyl (C=O) groups excluding carboxylic acids is 1. The number of amides is 2. The molecular weight excluding hydrogens is 291 g/mol. The average Bonchev–Trinajstić information content (AvgIpc) is 2.58. The molecule has 0 aliphatic carbocycles. The molecule has 0 aromatic carbocycles. The van der Waals surface area contributed by atoms with E-state index < -0.39 is 24.6 Å². The van der Waals surface area contributed by atoms with Gasteiger partial charge >= 0.3 is 18.2 Å². The monoisotopic (exact) mass is 311 g/mol. The summed E-state index contributed by atoms with van der Waals surface area (Å²) in [4.78, 5) is 25.7. The fourth-order valence-electron chi connectivity index (χ4n) is 2.12. The van der Waals surface area contributed by atoms with Crippen molar-refractivity contribution in [2.75, 3.05) is 39.3 Å². The van der Waals surface area contributed by atoms with Crippen LogP contribution in [0.15, 0.2) is 0 Å². The second-order valence-corrected chi connectivity index (χ2v) is 4.96. The van der Waals surface area contributed by atoms with Crippen molar-refractivity contribution in [1.29, 1.82) is 0 Å².